The molecule has 84 valence electrons. The Morgan fingerprint density at radius 3 is 2.53 bits per heavy atom. The van der Waals surface area contributed by atoms with Crippen molar-refractivity contribution in [1.82, 2.24) is 4.98 Å². The Hall–Kier alpha value is -0.610. The lowest BCUT2D eigenvalue weighted by molar-refractivity contribution is 0.195. The molecule has 3 unspecified atom stereocenters. The normalized spacial score (nSPS) is 28.4. The van der Waals surface area contributed by atoms with E-state index >= 15 is 0 Å². The Kier molecular flexibility index (Phi) is 2.98. The average molecular weight is 226 g/mol. The Bertz CT molecular complexity index is 327. The second kappa shape index (κ2) is 4.10. The molecular weight excluding hydrogens is 208 g/mol. The van der Waals surface area contributed by atoms with Crippen molar-refractivity contribution < 1.29 is 5.11 Å². The molecule has 1 fully saturated rings. The van der Waals surface area contributed by atoms with E-state index in [4.69, 9.17) is 0 Å². The zero-order valence-electron chi connectivity index (χ0n) is 9.47. The molecule has 0 saturated carbocycles. The number of anilines is 1. The molecule has 4 heteroatoms. The molecule has 3 atom stereocenters. The van der Waals surface area contributed by atoms with Crippen LogP contribution in [-0.2, 0) is 0 Å². The molecule has 0 amide bonds. The van der Waals surface area contributed by atoms with Gasteiger partial charge in [-0.25, -0.2) is 4.98 Å². The second-order valence-corrected chi connectivity index (χ2v) is 5.43. The number of rotatable bonds is 2. The van der Waals surface area contributed by atoms with E-state index in [1.165, 1.54) is 0 Å². The van der Waals surface area contributed by atoms with Crippen LogP contribution in [0.15, 0.2) is 5.38 Å². The summed E-state index contributed by atoms with van der Waals surface area (Å²) < 4.78 is 0. The molecule has 0 radical (unpaired) electrons. The molecular formula is C11H18N2OS. The molecule has 1 N–H and O–H groups in total. The van der Waals surface area contributed by atoms with E-state index < -0.39 is 6.10 Å². The fraction of sp³-hybridized carbons (Fsp3) is 0.727. The fourth-order valence-corrected chi connectivity index (χ4v) is 2.83. The molecule has 0 aromatic carbocycles. The van der Waals surface area contributed by atoms with E-state index in [9.17, 15) is 5.11 Å². The van der Waals surface area contributed by atoms with Gasteiger partial charge >= 0.3 is 0 Å². The van der Waals surface area contributed by atoms with Gasteiger partial charge < -0.3 is 10.0 Å². The molecule has 1 aromatic heterocycles. The van der Waals surface area contributed by atoms with Gasteiger partial charge in [-0.15, -0.1) is 11.3 Å². The summed E-state index contributed by atoms with van der Waals surface area (Å²) >= 11 is 1.63. The average Bonchev–Trinajstić information content (AvgIpc) is 2.74. The van der Waals surface area contributed by atoms with E-state index in [1.54, 1.807) is 18.3 Å². The standard InChI is InChI=1S/C11H18N2OS/c1-7-4-13(5-8(7)2)11-12-10(6-15-11)9(3)14/h6-9,14H,4-5H2,1-3H3. The van der Waals surface area contributed by atoms with Gasteiger partial charge in [0.15, 0.2) is 5.13 Å². The molecule has 0 aliphatic carbocycles. The summed E-state index contributed by atoms with van der Waals surface area (Å²) in [5.41, 5.74) is 0.794. The van der Waals surface area contributed by atoms with Crippen molar-refractivity contribution in [1.29, 1.82) is 0 Å². The number of hydrogen-bond donors (Lipinski definition) is 1. The van der Waals surface area contributed by atoms with Crippen LogP contribution < -0.4 is 4.90 Å². The summed E-state index contributed by atoms with van der Waals surface area (Å²) in [4.78, 5) is 6.78. The predicted molar refractivity (Wildman–Crippen MR) is 63.3 cm³/mol. The molecule has 1 aliphatic rings. The zero-order valence-corrected chi connectivity index (χ0v) is 10.3. The SMILES string of the molecule is CC(O)c1csc(N2CC(C)C(C)C2)n1. The molecule has 1 aromatic rings. The highest BCUT2D eigenvalue weighted by atomic mass is 32.1. The van der Waals surface area contributed by atoms with Crippen LogP contribution in [0.5, 0.6) is 0 Å². The summed E-state index contributed by atoms with van der Waals surface area (Å²) in [6.45, 7) is 8.51. The van der Waals surface area contributed by atoms with Crippen molar-refractivity contribution in [3.63, 3.8) is 0 Å². The van der Waals surface area contributed by atoms with Gasteiger partial charge in [0.25, 0.3) is 0 Å². The van der Waals surface area contributed by atoms with Crippen molar-refractivity contribution in [3.8, 4) is 0 Å². The van der Waals surface area contributed by atoms with Crippen LogP contribution in [0.1, 0.15) is 32.6 Å². The van der Waals surface area contributed by atoms with Gasteiger partial charge in [-0.1, -0.05) is 13.8 Å². The third-order valence-electron chi connectivity index (χ3n) is 3.20. The first-order valence-electron chi connectivity index (χ1n) is 5.46. The van der Waals surface area contributed by atoms with Gasteiger partial charge in [0.05, 0.1) is 11.8 Å². The molecule has 15 heavy (non-hydrogen) atoms. The van der Waals surface area contributed by atoms with Crippen molar-refractivity contribution in [3.05, 3.63) is 11.1 Å². The van der Waals surface area contributed by atoms with Crippen LogP contribution >= 0.6 is 11.3 Å². The number of nitrogens with zero attached hydrogens (tertiary/aromatic N) is 2. The highest BCUT2D eigenvalue weighted by molar-refractivity contribution is 7.13. The Morgan fingerprint density at radius 2 is 2.07 bits per heavy atom. The van der Waals surface area contributed by atoms with Gasteiger partial charge in [0, 0.05) is 18.5 Å². The zero-order chi connectivity index (χ0) is 11.0. The maximum atomic E-state index is 9.41. The molecule has 2 rings (SSSR count). The second-order valence-electron chi connectivity index (χ2n) is 4.59. The minimum Gasteiger partial charge on any atom is -0.387 e. The molecule has 0 spiro atoms. The minimum absolute atomic E-state index is 0.451. The molecule has 0 bridgehead atoms. The van der Waals surface area contributed by atoms with Gasteiger partial charge in [-0.05, 0) is 18.8 Å². The predicted octanol–water partition coefficient (Wildman–Crippen LogP) is 2.29. The first-order valence-corrected chi connectivity index (χ1v) is 6.34. The summed E-state index contributed by atoms with van der Waals surface area (Å²) in [5.74, 6) is 1.48. The van der Waals surface area contributed by atoms with Crippen LogP contribution in [0, 0.1) is 11.8 Å². The largest absolute Gasteiger partial charge is 0.387 e. The van der Waals surface area contributed by atoms with Gasteiger partial charge in [0.1, 0.15) is 0 Å². The van der Waals surface area contributed by atoms with E-state index in [0.717, 1.165) is 35.8 Å². The number of thiazole rings is 1. The third kappa shape index (κ3) is 2.16. The number of aromatic nitrogens is 1. The maximum Gasteiger partial charge on any atom is 0.185 e. The number of aliphatic hydroxyl groups is 1. The fourth-order valence-electron chi connectivity index (χ4n) is 1.90. The third-order valence-corrected chi connectivity index (χ3v) is 4.12. The molecule has 1 saturated heterocycles. The van der Waals surface area contributed by atoms with E-state index in [1.807, 2.05) is 5.38 Å². The number of hydrogen-bond acceptors (Lipinski definition) is 4. The quantitative estimate of drug-likeness (QED) is 0.840. The van der Waals surface area contributed by atoms with Crippen LogP contribution in [0.3, 0.4) is 0 Å². The maximum absolute atomic E-state index is 9.41. The Morgan fingerprint density at radius 1 is 1.47 bits per heavy atom. The van der Waals surface area contributed by atoms with E-state index in [-0.39, 0.29) is 0 Å². The lowest BCUT2D eigenvalue weighted by Gasteiger charge is -2.13. The smallest absolute Gasteiger partial charge is 0.185 e. The lowest BCUT2D eigenvalue weighted by Crippen LogP contribution is -2.19. The highest BCUT2D eigenvalue weighted by Gasteiger charge is 2.27. The van der Waals surface area contributed by atoms with E-state index in [0.29, 0.717) is 0 Å². The summed E-state index contributed by atoms with van der Waals surface area (Å²) in [6, 6.07) is 0. The van der Waals surface area contributed by atoms with Crippen LogP contribution in [0.4, 0.5) is 5.13 Å². The molecule has 3 nitrogen and oxygen atoms in total. The van der Waals surface area contributed by atoms with Crippen LogP contribution in [0.2, 0.25) is 0 Å². The van der Waals surface area contributed by atoms with Crippen molar-refractivity contribution in [2.45, 2.75) is 26.9 Å². The highest BCUT2D eigenvalue weighted by Crippen LogP contribution is 2.31. The lowest BCUT2D eigenvalue weighted by atomic mass is 10.0. The van der Waals surface area contributed by atoms with Crippen molar-refractivity contribution >= 4 is 16.5 Å². The van der Waals surface area contributed by atoms with Gasteiger partial charge in [-0.3, -0.25) is 0 Å². The van der Waals surface area contributed by atoms with Crippen molar-refractivity contribution in [2.24, 2.45) is 11.8 Å². The van der Waals surface area contributed by atoms with Gasteiger partial charge in [0.2, 0.25) is 0 Å². The molecule has 2 heterocycles. The first-order chi connectivity index (χ1) is 7.08. The molecule has 1 aliphatic heterocycles. The minimum atomic E-state index is -0.451. The first kappa shape index (κ1) is 10.9. The topological polar surface area (TPSA) is 36.4 Å². The van der Waals surface area contributed by atoms with Crippen molar-refractivity contribution in [2.75, 3.05) is 18.0 Å². The summed E-state index contributed by atoms with van der Waals surface area (Å²) in [7, 11) is 0. The van der Waals surface area contributed by atoms with Crippen LogP contribution in [0.25, 0.3) is 0 Å². The van der Waals surface area contributed by atoms with E-state index in [2.05, 4.69) is 23.7 Å². The summed E-state index contributed by atoms with van der Waals surface area (Å²) in [6.07, 6.45) is -0.451. The van der Waals surface area contributed by atoms with Crippen LogP contribution in [-0.4, -0.2) is 23.2 Å². The Balaban J connectivity index is 2.10. The number of aliphatic hydroxyl groups excluding tert-OH is 1. The Labute approximate surface area is 94.8 Å². The summed E-state index contributed by atoms with van der Waals surface area (Å²) in [5, 5.41) is 12.4. The monoisotopic (exact) mass is 226 g/mol. The van der Waals surface area contributed by atoms with Gasteiger partial charge in [-0.2, -0.15) is 0 Å².